The van der Waals surface area contributed by atoms with Crippen molar-refractivity contribution >= 4 is 27.5 Å². The predicted molar refractivity (Wildman–Crippen MR) is 111 cm³/mol. The smallest absolute Gasteiger partial charge is 0.286 e. The number of rotatable bonds is 6. The molecule has 0 saturated carbocycles. The Labute approximate surface area is 166 Å². The summed E-state index contributed by atoms with van der Waals surface area (Å²) in [6.07, 6.45) is 1.91. The monoisotopic (exact) mass is 399 g/mol. The molecule has 7 heteroatoms. The Morgan fingerprint density at radius 2 is 1.89 bits per heavy atom. The number of nitrogens with zero attached hydrogens (tertiary/aromatic N) is 2. The summed E-state index contributed by atoms with van der Waals surface area (Å²) >= 11 is 0. The molecule has 3 rings (SSSR count). The van der Waals surface area contributed by atoms with Gasteiger partial charge in [-0.2, -0.15) is 8.42 Å². The van der Waals surface area contributed by atoms with Crippen molar-refractivity contribution in [1.82, 2.24) is 5.32 Å². The third-order valence-corrected chi connectivity index (χ3v) is 6.20. The molecule has 1 aliphatic rings. The summed E-state index contributed by atoms with van der Waals surface area (Å²) in [5.74, 6) is 0.136. The SMILES string of the molecule is CCCCN1C(C)=NS(=O)(=O)c2cc(C(=O)N[C@H](C)c3ccccc3)ccc21. The van der Waals surface area contributed by atoms with Crippen molar-refractivity contribution in [3.05, 3.63) is 59.7 Å². The van der Waals surface area contributed by atoms with Crippen LogP contribution in [0.25, 0.3) is 0 Å². The Balaban J connectivity index is 1.89. The number of sulfonamides is 1. The van der Waals surface area contributed by atoms with Crippen LogP contribution in [-0.2, 0) is 10.0 Å². The molecule has 0 saturated heterocycles. The maximum absolute atomic E-state index is 12.7. The number of carbonyl (C=O) groups is 1. The maximum atomic E-state index is 12.7. The highest BCUT2D eigenvalue weighted by Gasteiger charge is 2.29. The second-order valence-corrected chi connectivity index (χ2v) is 8.48. The van der Waals surface area contributed by atoms with Gasteiger partial charge in [-0.3, -0.25) is 4.79 Å². The molecule has 2 aromatic carbocycles. The van der Waals surface area contributed by atoms with Gasteiger partial charge in [-0.1, -0.05) is 43.7 Å². The van der Waals surface area contributed by atoms with E-state index >= 15 is 0 Å². The first kappa shape index (κ1) is 20.1. The lowest BCUT2D eigenvalue weighted by atomic mass is 10.1. The van der Waals surface area contributed by atoms with Gasteiger partial charge >= 0.3 is 0 Å². The summed E-state index contributed by atoms with van der Waals surface area (Å²) in [5.41, 5.74) is 1.86. The van der Waals surface area contributed by atoms with E-state index in [1.54, 1.807) is 19.1 Å². The lowest BCUT2D eigenvalue weighted by Crippen LogP contribution is -2.35. The Morgan fingerprint density at radius 3 is 2.57 bits per heavy atom. The van der Waals surface area contributed by atoms with E-state index in [-0.39, 0.29) is 16.8 Å². The Morgan fingerprint density at radius 1 is 1.18 bits per heavy atom. The molecule has 1 atom stereocenters. The number of hydrogen-bond donors (Lipinski definition) is 1. The number of amides is 1. The zero-order chi connectivity index (χ0) is 20.3. The number of hydrogen-bond acceptors (Lipinski definition) is 4. The van der Waals surface area contributed by atoms with Crippen LogP contribution in [0.4, 0.5) is 5.69 Å². The fraction of sp³-hybridized carbons (Fsp3) is 0.333. The molecular weight excluding hydrogens is 374 g/mol. The minimum Gasteiger partial charge on any atom is -0.346 e. The van der Waals surface area contributed by atoms with E-state index < -0.39 is 10.0 Å². The molecular formula is C21H25N3O3S. The first-order valence-electron chi connectivity index (χ1n) is 9.42. The van der Waals surface area contributed by atoms with Gasteiger partial charge in [0.05, 0.1) is 11.7 Å². The highest BCUT2D eigenvalue weighted by molar-refractivity contribution is 7.90. The van der Waals surface area contributed by atoms with Crippen molar-refractivity contribution in [2.45, 2.75) is 44.6 Å². The average molecular weight is 400 g/mol. The van der Waals surface area contributed by atoms with Gasteiger partial charge in [0, 0.05) is 12.1 Å². The summed E-state index contributed by atoms with van der Waals surface area (Å²) in [6, 6.07) is 14.2. The molecule has 0 aliphatic carbocycles. The fourth-order valence-electron chi connectivity index (χ4n) is 3.24. The largest absolute Gasteiger partial charge is 0.346 e. The minimum absolute atomic E-state index is 0.0780. The van der Waals surface area contributed by atoms with Gasteiger partial charge in [0.25, 0.3) is 15.9 Å². The molecule has 0 fully saturated rings. The number of fused-ring (bicyclic) bond motifs is 1. The third-order valence-electron chi connectivity index (χ3n) is 4.82. The highest BCUT2D eigenvalue weighted by Crippen LogP contribution is 2.33. The van der Waals surface area contributed by atoms with Crippen LogP contribution < -0.4 is 10.2 Å². The van der Waals surface area contributed by atoms with E-state index in [2.05, 4.69) is 16.6 Å². The Bertz CT molecular complexity index is 1000. The second-order valence-electron chi connectivity index (χ2n) is 6.91. The lowest BCUT2D eigenvalue weighted by molar-refractivity contribution is 0.0939. The first-order valence-corrected chi connectivity index (χ1v) is 10.9. The molecule has 1 heterocycles. The number of anilines is 1. The van der Waals surface area contributed by atoms with Gasteiger partial charge in [-0.25, -0.2) is 0 Å². The van der Waals surface area contributed by atoms with Crippen LogP contribution in [0.3, 0.4) is 0 Å². The van der Waals surface area contributed by atoms with Gasteiger partial charge < -0.3 is 10.2 Å². The zero-order valence-electron chi connectivity index (χ0n) is 16.3. The van der Waals surface area contributed by atoms with Gasteiger partial charge in [0.2, 0.25) is 0 Å². The lowest BCUT2D eigenvalue weighted by Gasteiger charge is -2.29. The molecule has 0 aromatic heterocycles. The van der Waals surface area contributed by atoms with Crippen molar-refractivity contribution in [3.8, 4) is 0 Å². The predicted octanol–water partition coefficient (Wildman–Crippen LogP) is 3.90. The summed E-state index contributed by atoms with van der Waals surface area (Å²) < 4.78 is 29.0. The van der Waals surface area contributed by atoms with Crippen molar-refractivity contribution in [2.75, 3.05) is 11.4 Å². The topological polar surface area (TPSA) is 78.8 Å². The van der Waals surface area contributed by atoms with E-state index in [1.165, 1.54) is 6.07 Å². The van der Waals surface area contributed by atoms with E-state index in [0.717, 1.165) is 18.4 Å². The number of benzene rings is 2. The second kappa shape index (κ2) is 8.14. The van der Waals surface area contributed by atoms with Crippen molar-refractivity contribution in [3.63, 3.8) is 0 Å². The van der Waals surface area contributed by atoms with Crippen LogP contribution >= 0.6 is 0 Å². The molecule has 0 spiro atoms. The molecule has 1 aliphatic heterocycles. The summed E-state index contributed by atoms with van der Waals surface area (Å²) in [7, 11) is -3.82. The van der Waals surface area contributed by atoms with E-state index in [9.17, 15) is 13.2 Å². The van der Waals surface area contributed by atoms with Crippen molar-refractivity contribution < 1.29 is 13.2 Å². The quantitative estimate of drug-likeness (QED) is 0.799. The van der Waals surface area contributed by atoms with Crippen LogP contribution in [0.2, 0.25) is 0 Å². The summed E-state index contributed by atoms with van der Waals surface area (Å²) in [5, 5.41) is 2.92. The zero-order valence-corrected chi connectivity index (χ0v) is 17.2. The number of nitrogens with one attached hydrogen (secondary N) is 1. The van der Waals surface area contributed by atoms with Gasteiger partial charge in [0.15, 0.2) is 0 Å². The van der Waals surface area contributed by atoms with E-state index in [0.29, 0.717) is 23.6 Å². The molecule has 1 amide bonds. The van der Waals surface area contributed by atoms with Gasteiger partial charge in [-0.05, 0) is 44.0 Å². The van der Waals surface area contributed by atoms with Gasteiger partial charge in [0.1, 0.15) is 10.7 Å². The molecule has 1 N–H and O–H groups in total. The van der Waals surface area contributed by atoms with Crippen molar-refractivity contribution in [2.24, 2.45) is 4.40 Å². The molecule has 0 radical (unpaired) electrons. The first-order chi connectivity index (χ1) is 13.3. The number of amidine groups is 1. The Kier molecular flexibility index (Phi) is 5.84. The van der Waals surface area contributed by atoms with Crippen LogP contribution in [0, 0.1) is 0 Å². The molecule has 28 heavy (non-hydrogen) atoms. The number of carbonyl (C=O) groups excluding carboxylic acids is 1. The van der Waals surface area contributed by atoms with Crippen LogP contribution in [0.15, 0.2) is 57.8 Å². The summed E-state index contributed by atoms with van der Waals surface area (Å²) in [6.45, 7) is 6.35. The van der Waals surface area contributed by atoms with E-state index in [4.69, 9.17) is 0 Å². The fourth-order valence-corrected chi connectivity index (χ4v) is 4.50. The normalized spacial score (nSPS) is 16.1. The molecule has 0 unspecified atom stereocenters. The summed E-state index contributed by atoms with van der Waals surface area (Å²) in [4.78, 5) is 14.7. The van der Waals surface area contributed by atoms with Crippen molar-refractivity contribution in [1.29, 1.82) is 0 Å². The number of unbranched alkanes of at least 4 members (excludes halogenated alkanes) is 1. The van der Waals surface area contributed by atoms with E-state index in [1.807, 2.05) is 42.2 Å². The molecule has 148 valence electrons. The van der Waals surface area contributed by atoms with Crippen LogP contribution in [0.1, 0.15) is 55.6 Å². The average Bonchev–Trinajstić information content (AvgIpc) is 2.67. The Hall–Kier alpha value is -2.67. The standard InChI is InChI=1S/C21H25N3O3S/c1-4-5-13-24-16(3)23-28(26,27)20-14-18(11-12-19(20)24)21(25)22-15(2)17-9-7-6-8-10-17/h6-12,14-15H,4-5,13H2,1-3H3,(H,22,25)/t15-/m1/s1. The molecule has 0 bridgehead atoms. The van der Waals surface area contributed by atoms with Gasteiger partial charge in [-0.15, -0.1) is 4.40 Å². The molecule has 2 aromatic rings. The van der Waals surface area contributed by atoms with Crippen LogP contribution in [0.5, 0.6) is 0 Å². The third kappa shape index (κ3) is 4.09. The van der Waals surface area contributed by atoms with Crippen LogP contribution in [-0.4, -0.2) is 26.7 Å². The maximum Gasteiger partial charge on any atom is 0.286 e. The minimum atomic E-state index is -3.82. The highest BCUT2D eigenvalue weighted by atomic mass is 32.2. The molecule has 6 nitrogen and oxygen atoms in total.